The van der Waals surface area contributed by atoms with E-state index in [1.807, 2.05) is 11.3 Å². The van der Waals surface area contributed by atoms with Crippen LogP contribution in [0, 0.1) is 6.92 Å². The predicted molar refractivity (Wildman–Crippen MR) is 45.4 cm³/mol. The van der Waals surface area contributed by atoms with E-state index >= 15 is 0 Å². The molecule has 0 bridgehead atoms. The Morgan fingerprint density at radius 2 is 2.18 bits per heavy atom. The maximum Gasteiger partial charge on any atom is 0.156 e. The standard InChI is InChI=1S/C7H6BrN3/c1-5-2-9-4-7-10-3-6(8)11(5)7/h2-4H,1H3. The fraction of sp³-hybridized carbons (Fsp3) is 0.143. The number of aryl methyl sites for hydroxylation is 1. The molecule has 2 aromatic rings. The molecule has 0 aromatic carbocycles. The first-order chi connectivity index (χ1) is 5.29. The Labute approximate surface area is 72.2 Å². The van der Waals surface area contributed by atoms with Crippen LogP contribution in [0.1, 0.15) is 5.69 Å². The lowest BCUT2D eigenvalue weighted by Gasteiger charge is -1.97. The van der Waals surface area contributed by atoms with Gasteiger partial charge < -0.3 is 0 Å². The van der Waals surface area contributed by atoms with E-state index in [0.29, 0.717) is 0 Å². The number of hydrogen-bond donors (Lipinski definition) is 0. The summed E-state index contributed by atoms with van der Waals surface area (Å²) in [5.41, 5.74) is 1.95. The third-order valence-electron chi connectivity index (χ3n) is 1.55. The van der Waals surface area contributed by atoms with Crippen LogP contribution in [0.2, 0.25) is 0 Å². The Morgan fingerprint density at radius 1 is 1.36 bits per heavy atom. The van der Waals surface area contributed by atoms with Crippen molar-refractivity contribution in [1.29, 1.82) is 0 Å². The molecule has 0 aliphatic rings. The summed E-state index contributed by atoms with van der Waals surface area (Å²) in [5.74, 6) is 0. The Hall–Kier alpha value is -0.900. The van der Waals surface area contributed by atoms with Crippen molar-refractivity contribution in [2.45, 2.75) is 6.92 Å². The van der Waals surface area contributed by atoms with Gasteiger partial charge in [-0.15, -0.1) is 0 Å². The molecule has 0 fully saturated rings. The van der Waals surface area contributed by atoms with E-state index in [-0.39, 0.29) is 0 Å². The molecular formula is C7H6BrN3. The molecule has 0 aliphatic carbocycles. The van der Waals surface area contributed by atoms with Gasteiger partial charge in [0.1, 0.15) is 4.60 Å². The zero-order valence-corrected chi connectivity index (χ0v) is 7.54. The minimum atomic E-state index is 0.872. The van der Waals surface area contributed by atoms with Crippen LogP contribution >= 0.6 is 15.9 Å². The van der Waals surface area contributed by atoms with Gasteiger partial charge in [0.05, 0.1) is 12.4 Å². The molecule has 2 rings (SSSR count). The molecule has 3 nitrogen and oxygen atoms in total. The number of rotatable bonds is 0. The van der Waals surface area contributed by atoms with Gasteiger partial charge in [0.15, 0.2) is 5.65 Å². The molecule has 0 saturated heterocycles. The van der Waals surface area contributed by atoms with E-state index in [4.69, 9.17) is 0 Å². The molecule has 0 spiro atoms. The van der Waals surface area contributed by atoms with Gasteiger partial charge >= 0.3 is 0 Å². The van der Waals surface area contributed by atoms with E-state index in [2.05, 4.69) is 25.9 Å². The molecule has 56 valence electrons. The number of fused-ring (bicyclic) bond motifs is 1. The minimum Gasteiger partial charge on any atom is -0.289 e. The normalized spacial score (nSPS) is 10.7. The van der Waals surface area contributed by atoms with Crippen molar-refractivity contribution in [2.24, 2.45) is 0 Å². The fourth-order valence-corrected chi connectivity index (χ4v) is 1.62. The number of imidazole rings is 1. The Bertz CT molecular complexity index is 393. The van der Waals surface area contributed by atoms with Crippen LogP contribution in [-0.4, -0.2) is 14.4 Å². The third kappa shape index (κ3) is 0.939. The third-order valence-corrected chi connectivity index (χ3v) is 2.11. The van der Waals surface area contributed by atoms with Gasteiger partial charge in [-0.3, -0.25) is 9.38 Å². The first kappa shape index (κ1) is 6.79. The van der Waals surface area contributed by atoms with Crippen LogP contribution in [0.5, 0.6) is 0 Å². The predicted octanol–water partition coefficient (Wildman–Crippen LogP) is 1.80. The molecule has 2 aromatic heterocycles. The highest BCUT2D eigenvalue weighted by molar-refractivity contribution is 9.10. The maximum atomic E-state index is 4.13. The van der Waals surface area contributed by atoms with Gasteiger partial charge in [0.25, 0.3) is 0 Å². The van der Waals surface area contributed by atoms with Crippen molar-refractivity contribution in [3.8, 4) is 0 Å². The van der Waals surface area contributed by atoms with Crippen LogP contribution in [-0.2, 0) is 0 Å². The molecular weight excluding hydrogens is 206 g/mol. The molecule has 2 heterocycles. The largest absolute Gasteiger partial charge is 0.289 e. The second-order valence-electron chi connectivity index (χ2n) is 2.32. The summed E-state index contributed by atoms with van der Waals surface area (Å²) < 4.78 is 2.96. The van der Waals surface area contributed by atoms with Crippen molar-refractivity contribution >= 4 is 21.6 Å². The Kier molecular flexibility index (Phi) is 1.42. The molecule has 0 amide bonds. The van der Waals surface area contributed by atoms with Crippen LogP contribution in [0.15, 0.2) is 23.2 Å². The molecule has 4 heteroatoms. The number of halogens is 1. The summed E-state index contributed by atoms with van der Waals surface area (Å²) >= 11 is 3.39. The van der Waals surface area contributed by atoms with Gasteiger partial charge in [-0.1, -0.05) is 0 Å². The average Bonchev–Trinajstić information content (AvgIpc) is 2.34. The molecule has 0 aliphatic heterocycles. The van der Waals surface area contributed by atoms with E-state index < -0.39 is 0 Å². The monoisotopic (exact) mass is 211 g/mol. The zero-order valence-electron chi connectivity index (χ0n) is 5.95. The van der Waals surface area contributed by atoms with Crippen molar-refractivity contribution in [3.05, 3.63) is 28.9 Å². The van der Waals surface area contributed by atoms with Crippen molar-refractivity contribution < 1.29 is 0 Å². The molecule has 0 N–H and O–H groups in total. The zero-order chi connectivity index (χ0) is 7.84. The van der Waals surface area contributed by atoms with Crippen LogP contribution in [0.25, 0.3) is 5.65 Å². The van der Waals surface area contributed by atoms with Crippen molar-refractivity contribution in [3.63, 3.8) is 0 Å². The Balaban J connectivity index is 2.96. The minimum absolute atomic E-state index is 0.872. The first-order valence-electron chi connectivity index (χ1n) is 3.22. The maximum absolute atomic E-state index is 4.13. The van der Waals surface area contributed by atoms with Crippen LogP contribution in [0.4, 0.5) is 0 Å². The van der Waals surface area contributed by atoms with E-state index in [1.165, 1.54) is 0 Å². The average molecular weight is 212 g/mol. The van der Waals surface area contributed by atoms with Crippen LogP contribution in [0.3, 0.4) is 0 Å². The summed E-state index contributed by atoms with van der Waals surface area (Å²) in [6, 6.07) is 0. The van der Waals surface area contributed by atoms with E-state index in [9.17, 15) is 0 Å². The SMILES string of the molecule is Cc1cncc2ncc(Br)n12. The highest BCUT2D eigenvalue weighted by Crippen LogP contribution is 2.13. The smallest absolute Gasteiger partial charge is 0.156 e. The summed E-state index contributed by atoms with van der Waals surface area (Å²) in [6.07, 6.45) is 5.31. The lowest BCUT2D eigenvalue weighted by Crippen LogP contribution is -1.91. The quantitative estimate of drug-likeness (QED) is 0.666. The molecule has 0 saturated carbocycles. The highest BCUT2D eigenvalue weighted by atomic mass is 79.9. The molecule has 0 atom stereocenters. The Morgan fingerprint density at radius 3 is 2.91 bits per heavy atom. The number of nitrogens with zero attached hydrogens (tertiary/aromatic N) is 3. The van der Waals surface area contributed by atoms with Crippen molar-refractivity contribution in [2.75, 3.05) is 0 Å². The summed E-state index contributed by atoms with van der Waals surface area (Å²) in [6.45, 7) is 1.99. The molecule has 11 heavy (non-hydrogen) atoms. The summed E-state index contributed by atoms with van der Waals surface area (Å²) in [5, 5.41) is 0. The first-order valence-corrected chi connectivity index (χ1v) is 4.02. The number of hydrogen-bond acceptors (Lipinski definition) is 2. The van der Waals surface area contributed by atoms with Crippen molar-refractivity contribution in [1.82, 2.24) is 14.4 Å². The van der Waals surface area contributed by atoms with Crippen LogP contribution < -0.4 is 0 Å². The van der Waals surface area contributed by atoms with Gasteiger partial charge in [-0.05, 0) is 22.9 Å². The highest BCUT2D eigenvalue weighted by Gasteiger charge is 2.00. The molecule has 0 unspecified atom stereocenters. The van der Waals surface area contributed by atoms with Gasteiger partial charge in [0, 0.05) is 11.9 Å². The second-order valence-corrected chi connectivity index (χ2v) is 3.14. The summed E-state index contributed by atoms with van der Waals surface area (Å²) in [4.78, 5) is 8.15. The van der Waals surface area contributed by atoms with Gasteiger partial charge in [0.2, 0.25) is 0 Å². The fourth-order valence-electron chi connectivity index (χ4n) is 1.05. The lowest BCUT2D eigenvalue weighted by molar-refractivity contribution is 1.03. The summed E-state index contributed by atoms with van der Waals surface area (Å²) in [7, 11) is 0. The van der Waals surface area contributed by atoms with Gasteiger partial charge in [-0.25, -0.2) is 4.98 Å². The van der Waals surface area contributed by atoms with E-state index in [0.717, 1.165) is 15.9 Å². The van der Waals surface area contributed by atoms with E-state index in [1.54, 1.807) is 18.6 Å². The second kappa shape index (κ2) is 2.30. The topological polar surface area (TPSA) is 30.2 Å². The molecule has 0 radical (unpaired) electrons. The van der Waals surface area contributed by atoms with Gasteiger partial charge in [-0.2, -0.15) is 0 Å². The lowest BCUT2D eigenvalue weighted by atomic mass is 10.5. The number of aromatic nitrogens is 3.